The van der Waals surface area contributed by atoms with Crippen molar-refractivity contribution in [1.29, 1.82) is 0 Å². The summed E-state index contributed by atoms with van der Waals surface area (Å²) in [4.78, 5) is 11.5. The molecule has 8 nitrogen and oxygen atoms in total. The van der Waals surface area contributed by atoms with Gasteiger partial charge in [-0.3, -0.25) is 10.4 Å². The summed E-state index contributed by atoms with van der Waals surface area (Å²) in [5.41, 5.74) is -3.21. The number of nitrogens with zero attached hydrogens (tertiary/aromatic N) is 1. The number of cyclic esters (lactones) is 1. The number of rotatable bonds is 5. The van der Waals surface area contributed by atoms with Crippen molar-refractivity contribution < 1.29 is 35.5 Å². The molecule has 4 rings (SSSR count). The molecule has 1 amide bonds. The Balaban J connectivity index is 1.79. The zero-order chi connectivity index (χ0) is 23.1. The lowest BCUT2D eigenvalue weighted by Gasteiger charge is -2.39. The third kappa shape index (κ3) is 3.80. The quantitative estimate of drug-likeness (QED) is 0.494. The van der Waals surface area contributed by atoms with E-state index in [0.717, 1.165) is 30.3 Å². The van der Waals surface area contributed by atoms with Gasteiger partial charge in [-0.05, 0) is 42.0 Å². The van der Waals surface area contributed by atoms with E-state index in [-0.39, 0.29) is 5.69 Å². The van der Waals surface area contributed by atoms with Crippen LogP contribution < -0.4 is 10.0 Å². The zero-order valence-corrected chi connectivity index (χ0v) is 16.7. The van der Waals surface area contributed by atoms with Gasteiger partial charge in [0.05, 0.1) is 23.3 Å². The Labute approximate surface area is 178 Å². The van der Waals surface area contributed by atoms with Gasteiger partial charge in [-0.25, -0.2) is 22.3 Å². The highest BCUT2D eigenvalue weighted by atomic mass is 32.2. The van der Waals surface area contributed by atoms with Crippen molar-refractivity contribution in [2.24, 2.45) is 0 Å². The first-order chi connectivity index (χ1) is 15.0. The molecule has 32 heavy (non-hydrogen) atoms. The van der Waals surface area contributed by atoms with Gasteiger partial charge in [0.2, 0.25) is 15.6 Å². The lowest BCUT2D eigenvalue weighted by molar-refractivity contribution is -0.261. The van der Waals surface area contributed by atoms with Crippen LogP contribution in [0.5, 0.6) is 0 Å². The fraction of sp³-hybridized carbons (Fsp3) is 0.158. The molecule has 168 valence electrons. The molecular weight excluding hydrogens is 456 g/mol. The van der Waals surface area contributed by atoms with Crippen molar-refractivity contribution in [2.75, 3.05) is 11.9 Å². The number of H-pyrrole nitrogens is 1. The molecule has 0 saturated heterocycles. The summed E-state index contributed by atoms with van der Waals surface area (Å²) in [7, 11) is -4.49. The summed E-state index contributed by atoms with van der Waals surface area (Å²) >= 11 is 0. The SMILES string of the molecule is O=C1Nc2ccc(-c3cn[nH]c3)cc2C(CNS(=O)(=O)c2ccc(F)cc2)(C(F)(F)F)O1. The first kappa shape index (κ1) is 21.8. The van der Waals surface area contributed by atoms with Crippen molar-refractivity contribution in [3.63, 3.8) is 0 Å². The average molecular weight is 470 g/mol. The Kier molecular flexibility index (Phi) is 5.17. The minimum Gasteiger partial charge on any atom is -0.426 e. The predicted molar refractivity (Wildman–Crippen MR) is 103 cm³/mol. The van der Waals surface area contributed by atoms with Crippen molar-refractivity contribution in [3.05, 3.63) is 66.2 Å². The van der Waals surface area contributed by atoms with Gasteiger partial charge in [0, 0.05) is 17.3 Å². The molecule has 0 bridgehead atoms. The van der Waals surface area contributed by atoms with Crippen molar-refractivity contribution in [3.8, 4) is 11.1 Å². The molecule has 0 radical (unpaired) electrons. The first-order valence-electron chi connectivity index (χ1n) is 8.97. The number of fused-ring (bicyclic) bond motifs is 1. The second-order valence-corrected chi connectivity index (χ2v) is 8.63. The van der Waals surface area contributed by atoms with Gasteiger partial charge in [0.15, 0.2) is 0 Å². The molecule has 1 unspecified atom stereocenters. The number of nitrogens with one attached hydrogen (secondary N) is 3. The van der Waals surface area contributed by atoms with E-state index in [1.165, 1.54) is 24.5 Å². The molecule has 0 aliphatic carbocycles. The number of anilines is 1. The number of sulfonamides is 1. The number of aromatic nitrogens is 2. The molecule has 2 heterocycles. The summed E-state index contributed by atoms with van der Waals surface area (Å²) in [5, 5.41) is 8.48. The number of amides is 1. The van der Waals surface area contributed by atoms with Crippen LogP contribution in [0, 0.1) is 5.82 Å². The third-order valence-corrected chi connectivity index (χ3v) is 6.30. The standard InChI is InChI=1S/C19H14F4N4O4S/c20-13-2-4-14(5-3-13)32(29,30)26-10-18(19(21,22)23)15-7-11(12-8-24-25-9-12)1-6-16(15)27-17(28)31-18/h1-9,26H,10H2,(H,24,25)(H,27,28). The summed E-state index contributed by atoms with van der Waals surface area (Å²) in [6, 6.07) is 7.37. The van der Waals surface area contributed by atoms with Crippen molar-refractivity contribution >= 4 is 21.8 Å². The number of halogens is 4. The lowest BCUT2D eigenvalue weighted by atomic mass is 9.88. The highest BCUT2D eigenvalue weighted by Crippen LogP contribution is 2.48. The largest absolute Gasteiger partial charge is 0.434 e. The maximum absolute atomic E-state index is 14.3. The fourth-order valence-corrected chi connectivity index (χ4v) is 4.31. The second-order valence-electron chi connectivity index (χ2n) is 6.87. The second kappa shape index (κ2) is 7.60. The number of hydrogen-bond acceptors (Lipinski definition) is 5. The van der Waals surface area contributed by atoms with Crippen LogP contribution in [-0.2, 0) is 20.4 Å². The van der Waals surface area contributed by atoms with E-state index in [9.17, 15) is 30.8 Å². The van der Waals surface area contributed by atoms with E-state index in [0.29, 0.717) is 11.1 Å². The number of ether oxygens (including phenoxy) is 1. The molecular formula is C19H14F4N4O4S. The van der Waals surface area contributed by atoms with Crippen LogP contribution in [0.25, 0.3) is 11.1 Å². The van der Waals surface area contributed by atoms with Crippen molar-refractivity contribution in [1.82, 2.24) is 14.9 Å². The molecule has 13 heteroatoms. The van der Waals surface area contributed by atoms with Gasteiger partial charge in [-0.15, -0.1) is 0 Å². The van der Waals surface area contributed by atoms with Crippen molar-refractivity contribution in [2.45, 2.75) is 16.7 Å². The number of carbonyl (C=O) groups excluding carboxylic acids is 1. The molecule has 0 saturated carbocycles. The smallest absolute Gasteiger partial charge is 0.426 e. The molecule has 1 aliphatic rings. The number of hydrogen-bond donors (Lipinski definition) is 3. The fourth-order valence-electron chi connectivity index (χ4n) is 3.26. The Morgan fingerprint density at radius 2 is 1.81 bits per heavy atom. The average Bonchev–Trinajstić information content (AvgIpc) is 3.26. The molecule has 0 fully saturated rings. The first-order valence-corrected chi connectivity index (χ1v) is 10.5. The molecule has 3 N–H and O–H groups in total. The van der Waals surface area contributed by atoms with E-state index in [2.05, 4.69) is 15.5 Å². The van der Waals surface area contributed by atoms with Gasteiger partial charge in [0.1, 0.15) is 5.82 Å². The Morgan fingerprint density at radius 3 is 2.44 bits per heavy atom. The van der Waals surface area contributed by atoms with Crippen LogP contribution >= 0.6 is 0 Å². The summed E-state index contributed by atoms with van der Waals surface area (Å²) in [5.74, 6) is -0.719. The van der Waals surface area contributed by atoms with Gasteiger partial charge >= 0.3 is 12.3 Å². The minimum absolute atomic E-state index is 0.188. The van der Waals surface area contributed by atoms with Crippen LogP contribution in [0.4, 0.5) is 28.0 Å². The highest BCUT2D eigenvalue weighted by molar-refractivity contribution is 7.89. The summed E-state index contributed by atoms with van der Waals surface area (Å²) in [6.07, 6.45) is -3.75. The van der Waals surface area contributed by atoms with E-state index in [4.69, 9.17) is 4.74 Å². The van der Waals surface area contributed by atoms with Crippen LogP contribution in [-0.4, -0.2) is 37.4 Å². The van der Waals surface area contributed by atoms with Gasteiger partial charge in [0.25, 0.3) is 0 Å². The number of benzene rings is 2. The van der Waals surface area contributed by atoms with E-state index in [1.807, 2.05) is 4.72 Å². The maximum Gasteiger partial charge on any atom is 0.434 e. The zero-order valence-electron chi connectivity index (χ0n) is 15.9. The minimum atomic E-state index is -5.19. The summed E-state index contributed by atoms with van der Waals surface area (Å²) < 4.78 is 87.7. The predicted octanol–water partition coefficient (Wildman–Crippen LogP) is 3.51. The number of carbonyl (C=O) groups is 1. The lowest BCUT2D eigenvalue weighted by Crippen LogP contribution is -2.56. The maximum atomic E-state index is 14.3. The molecule has 0 spiro atoms. The molecule has 2 aromatic carbocycles. The molecule has 1 aromatic heterocycles. The van der Waals surface area contributed by atoms with Crippen LogP contribution in [0.1, 0.15) is 5.56 Å². The monoisotopic (exact) mass is 470 g/mol. The number of aromatic amines is 1. The molecule has 3 aromatic rings. The Bertz CT molecular complexity index is 1260. The molecule has 1 aliphatic heterocycles. The normalized spacial score (nSPS) is 18.6. The van der Waals surface area contributed by atoms with Gasteiger partial charge in [-0.2, -0.15) is 18.3 Å². The van der Waals surface area contributed by atoms with Gasteiger partial charge < -0.3 is 4.74 Å². The Hall–Kier alpha value is -3.45. The van der Waals surface area contributed by atoms with Crippen LogP contribution in [0.2, 0.25) is 0 Å². The third-order valence-electron chi connectivity index (χ3n) is 4.88. The topological polar surface area (TPSA) is 113 Å². The van der Waals surface area contributed by atoms with E-state index < -0.39 is 50.7 Å². The molecule has 1 atom stereocenters. The van der Waals surface area contributed by atoms with E-state index >= 15 is 0 Å². The van der Waals surface area contributed by atoms with E-state index in [1.54, 1.807) is 0 Å². The summed E-state index contributed by atoms with van der Waals surface area (Å²) in [6.45, 7) is -1.34. The van der Waals surface area contributed by atoms with Gasteiger partial charge in [-0.1, -0.05) is 6.07 Å². The van der Waals surface area contributed by atoms with Crippen LogP contribution in [0.15, 0.2) is 59.8 Å². The van der Waals surface area contributed by atoms with Crippen LogP contribution in [0.3, 0.4) is 0 Å². The Morgan fingerprint density at radius 1 is 1.09 bits per heavy atom. The number of alkyl halides is 3. The highest BCUT2D eigenvalue weighted by Gasteiger charge is 2.62.